The highest BCUT2D eigenvalue weighted by atomic mass is 35.5. The Kier molecular flexibility index (Phi) is 4.29. The lowest BCUT2D eigenvalue weighted by atomic mass is 10.1. The maximum absolute atomic E-state index is 11.6. The number of nitriles is 1. The van der Waals surface area contributed by atoms with Crippen LogP contribution in [0.2, 0.25) is 0 Å². The Morgan fingerprint density at radius 1 is 1.38 bits per heavy atom. The third-order valence-electron chi connectivity index (χ3n) is 2.40. The van der Waals surface area contributed by atoms with Crippen LogP contribution in [-0.4, -0.2) is 25.5 Å². The van der Waals surface area contributed by atoms with Crippen molar-refractivity contribution in [1.29, 1.82) is 5.26 Å². The molecule has 1 aliphatic rings. The molecule has 5 heteroatoms. The Hall–Kier alpha value is -1.57. The Morgan fingerprint density at radius 2 is 2.12 bits per heavy atom. The molecule has 84 valence electrons. The second kappa shape index (κ2) is 5.50. The van der Waals surface area contributed by atoms with Gasteiger partial charge in [-0.1, -0.05) is 12.1 Å². The number of hydrogen-bond acceptors (Lipinski definition) is 3. The summed E-state index contributed by atoms with van der Waals surface area (Å²) in [6.07, 6.45) is 0. The number of carbonyl (C=O) groups excluding carboxylic acids is 1. The molecule has 1 heterocycles. The fourth-order valence-corrected chi connectivity index (χ4v) is 1.66. The number of piperazine rings is 1. The third kappa shape index (κ3) is 2.32. The smallest absolute Gasteiger partial charge is 0.241 e. The van der Waals surface area contributed by atoms with Gasteiger partial charge in [-0.15, -0.1) is 12.4 Å². The highest BCUT2D eigenvalue weighted by Gasteiger charge is 2.20. The SMILES string of the molecule is Cl.N#Cc1ccccc1N1CCNCC1=O. The largest absolute Gasteiger partial charge is 0.309 e. The number of nitrogens with one attached hydrogen (secondary N) is 1. The molecule has 0 bridgehead atoms. The van der Waals surface area contributed by atoms with Crippen LogP contribution in [0.15, 0.2) is 24.3 Å². The monoisotopic (exact) mass is 237 g/mol. The maximum Gasteiger partial charge on any atom is 0.241 e. The van der Waals surface area contributed by atoms with Gasteiger partial charge in [0.05, 0.1) is 17.8 Å². The van der Waals surface area contributed by atoms with E-state index < -0.39 is 0 Å². The number of para-hydroxylation sites is 1. The zero-order chi connectivity index (χ0) is 10.7. The number of halogens is 1. The minimum atomic E-state index is 0. The van der Waals surface area contributed by atoms with E-state index >= 15 is 0 Å². The van der Waals surface area contributed by atoms with Crippen LogP contribution >= 0.6 is 12.4 Å². The molecule has 0 radical (unpaired) electrons. The summed E-state index contributed by atoms with van der Waals surface area (Å²) in [6, 6.07) is 9.27. The van der Waals surface area contributed by atoms with Crippen LogP contribution in [0, 0.1) is 11.3 Å². The van der Waals surface area contributed by atoms with Crippen LogP contribution in [0.3, 0.4) is 0 Å². The molecule has 1 aliphatic heterocycles. The van der Waals surface area contributed by atoms with Crippen LogP contribution in [0.5, 0.6) is 0 Å². The van der Waals surface area contributed by atoms with Gasteiger partial charge in [-0.25, -0.2) is 0 Å². The average molecular weight is 238 g/mol. The quantitative estimate of drug-likeness (QED) is 0.790. The number of hydrogen-bond donors (Lipinski definition) is 1. The van der Waals surface area contributed by atoms with Crippen LogP contribution in [0.25, 0.3) is 0 Å². The van der Waals surface area contributed by atoms with Crippen LogP contribution in [0.4, 0.5) is 5.69 Å². The molecule has 0 atom stereocenters. The molecule has 1 aromatic rings. The summed E-state index contributed by atoms with van der Waals surface area (Å²) in [7, 11) is 0. The molecular formula is C11H12ClN3O. The molecule has 1 amide bonds. The molecule has 0 spiro atoms. The maximum atomic E-state index is 11.6. The normalized spacial score (nSPS) is 15.2. The summed E-state index contributed by atoms with van der Waals surface area (Å²) in [4.78, 5) is 13.3. The van der Waals surface area contributed by atoms with Crippen molar-refractivity contribution in [2.45, 2.75) is 0 Å². The zero-order valence-electron chi connectivity index (χ0n) is 8.64. The van der Waals surface area contributed by atoms with E-state index in [0.29, 0.717) is 24.3 Å². The van der Waals surface area contributed by atoms with Crippen LogP contribution < -0.4 is 10.2 Å². The number of carbonyl (C=O) groups is 1. The van der Waals surface area contributed by atoms with Gasteiger partial charge in [0.15, 0.2) is 0 Å². The Balaban J connectivity index is 0.00000128. The van der Waals surface area contributed by atoms with Crippen molar-refractivity contribution in [3.63, 3.8) is 0 Å². The standard InChI is InChI=1S/C11H11N3O.ClH/c12-7-9-3-1-2-4-10(9)14-6-5-13-8-11(14)15;/h1-4,13H,5-6,8H2;1H. The van der Waals surface area contributed by atoms with Crippen molar-refractivity contribution in [1.82, 2.24) is 5.32 Å². The van der Waals surface area contributed by atoms with Crippen molar-refractivity contribution in [2.24, 2.45) is 0 Å². The van der Waals surface area contributed by atoms with Gasteiger partial charge in [0.2, 0.25) is 5.91 Å². The average Bonchev–Trinajstić information content (AvgIpc) is 2.30. The van der Waals surface area contributed by atoms with Gasteiger partial charge in [0.1, 0.15) is 6.07 Å². The van der Waals surface area contributed by atoms with Crippen molar-refractivity contribution in [2.75, 3.05) is 24.5 Å². The van der Waals surface area contributed by atoms with Gasteiger partial charge in [-0.3, -0.25) is 4.79 Å². The van der Waals surface area contributed by atoms with E-state index in [-0.39, 0.29) is 18.3 Å². The predicted octanol–water partition coefficient (Wildman–Crippen LogP) is 0.916. The van der Waals surface area contributed by atoms with Gasteiger partial charge in [-0.2, -0.15) is 5.26 Å². The molecule has 0 aliphatic carbocycles. The van der Waals surface area contributed by atoms with Gasteiger partial charge in [0.25, 0.3) is 0 Å². The van der Waals surface area contributed by atoms with Crippen molar-refractivity contribution >= 4 is 24.0 Å². The summed E-state index contributed by atoms with van der Waals surface area (Å²) >= 11 is 0. The van der Waals surface area contributed by atoms with E-state index in [1.165, 1.54) is 0 Å². The van der Waals surface area contributed by atoms with Crippen LogP contribution in [-0.2, 0) is 4.79 Å². The molecule has 0 aromatic heterocycles. The number of anilines is 1. The second-order valence-corrected chi connectivity index (χ2v) is 3.35. The second-order valence-electron chi connectivity index (χ2n) is 3.35. The first-order chi connectivity index (χ1) is 7.33. The van der Waals surface area contributed by atoms with E-state index in [1.54, 1.807) is 17.0 Å². The van der Waals surface area contributed by atoms with E-state index in [4.69, 9.17) is 5.26 Å². The molecule has 0 unspecified atom stereocenters. The van der Waals surface area contributed by atoms with Gasteiger partial charge in [-0.05, 0) is 12.1 Å². The molecule has 1 aromatic carbocycles. The number of benzene rings is 1. The molecular weight excluding hydrogens is 226 g/mol. The van der Waals surface area contributed by atoms with E-state index in [1.807, 2.05) is 12.1 Å². The Labute approximate surface area is 100 Å². The van der Waals surface area contributed by atoms with E-state index in [9.17, 15) is 4.79 Å². The lowest BCUT2D eigenvalue weighted by Gasteiger charge is -2.27. The minimum Gasteiger partial charge on any atom is -0.309 e. The highest BCUT2D eigenvalue weighted by Crippen LogP contribution is 2.20. The van der Waals surface area contributed by atoms with E-state index in [0.717, 1.165) is 6.54 Å². The highest BCUT2D eigenvalue weighted by molar-refractivity contribution is 5.96. The van der Waals surface area contributed by atoms with Crippen molar-refractivity contribution in [3.05, 3.63) is 29.8 Å². The third-order valence-corrected chi connectivity index (χ3v) is 2.40. The minimum absolute atomic E-state index is 0. The summed E-state index contributed by atoms with van der Waals surface area (Å²) in [5.41, 5.74) is 1.26. The lowest BCUT2D eigenvalue weighted by Crippen LogP contribution is -2.48. The molecule has 4 nitrogen and oxygen atoms in total. The predicted molar refractivity (Wildman–Crippen MR) is 63.6 cm³/mol. The lowest BCUT2D eigenvalue weighted by molar-refractivity contribution is -0.118. The summed E-state index contributed by atoms with van der Waals surface area (Å²) < 4.78 is 0. The summed E-state index contributed by atoms with van der Waals surface area (Å²) in [5.74, 6) is 0.0175. The topological polar surface area (TPSA) is 56.1 Å². The van der Waals surface area contributed by atoms with Crippen LogP contribution in [0.1, 0.15) is 5.56 Å². The van der Waals surface area contributed by atoms with Crippen molar-refractivity contribution < 1.29 is 4.79 Å². The first-order valence-corrected chi connectivity index (χ1v) is 4.83. The Morgan fingerprint density at radius 3 is 2.81 bits per heavy atom. The fraction of sp³-hybridized carbons (Fsp3) is 0.273. The summed E-state index contributed by atoms with van der Waals surface area (Å²) in [6.45, 7) is 1.74. The summed E-state index contributed by atoms with van der Waals surface area (Å²) in [5, 5.41) is 11.9. The fourth-order valence-electron chi connectivity index (χ4n) is 1.66. The van der Waals surface area contributed by atoms with Gasteiger partial charge in [0, 0.05) is 13.1 Å². The number of amides is 1. The first-order valence-electron chi connectivity index (χ1n) is 4.83. The Bertz CT molecular complexity index is 427. The number of nitrogens with zero attached hydrogens (tertiary/aromatic N) is 2. The molecule has 1 saturated heterocycles. The first kappa shape index (κ1) is 12.5. The zero-order valence-corrected chi connectivity index (χ0v) is 9.46. The molecule has 2 rings (SSSR count). The molecule has 1 N–H and O–H groups in total. The van der Waals surface area contributed by atoms with Gasteiger partial charge >= 0.3 is 0 Å². The molecule has 0 saturated carbocycles. The molecule has 1 fully saturated rings. The molecule has 16 heavy (non-hydrogen) atoms. The van der Waals surface area contributed by atoms with Crippen molar-refractivity contribution in [3.8, 4) is 6.07 Å². The number of rotatable bonds is 1. The van der Waals surface area contributed by atoms with Gasteiger partial charge < -0.3 is 10.2 Å². The van der Waals surface area contributed by atoms with E-state index in [2.05, 4.69) is 11.4 Å².